The number of fused-ring (bicyclic) bond motifs is 2. The van der Waals surface area contributed by atoms with Crippen LogP contribution in [-0.2, 0) is 48.1 Å². The molecule has 2 N–H and O–H groups in total. The number of rotatable bonds is 10. The van der Waals surface area contributed by atoms with Gasteiger partial charge in [0.15, 0.2) is 17.7 Å². The number of cyclic esters (lactones) is 1. The molecule has 2 aromatic rings. The number of carbonyl (C=O) groups is 4. The number of ketones is 2. The van der Waals surface area contributed by atoms with Gasteiger partial charge in [-0.2, -0.15) is 0 Å². The van der Waals surface area contributed by atoms with Crippen LogP contribution in [0.1, 0.15) is 74.7 Å². The summed E-state index contributed by atoms with van der Waals surface area (Å²) in [6.07, 6.45) is -3.35. The van der Waals surface area contributed by atoms with Crippen molar-refractivity contribution in [1.29, 1.82) is 0 Å². The zero-order valence-electron chi connectivity index (χ0n) is 36.0. The first-order valence-corrected chi connectivity index (χ1v) is 21.9. The lowest BCUT2D eigenvalue weighted by molar-refractivity contribution is -0.295. The number of hydrogen-bond acceptors (Lipinski definition) is 14. The molecule has 3 aliphatic heterocycles. The van der Waals surface area contributed by atoms with Crippen molar-refractivity contribution in [2.75, 3.05) is 34.3 Å². The molecule has 0 bridgehead atoms. The minimum absolute atomic E-state index is 0.0317. The van der Waals surface area contributed by atoms with Gasteiger partial charge in [-0.3, -0.25) is 24.3 Å². The Morgan fingerprint density at radius 3 is 2.34 bits per heavy atom. The van der Waals surface area contributed by atoms with Crippen molar-refractivity contribution < 1.29 is 56.4 Å². The van der Waals surface area contributed by atoms with E-state index in [1.54, 1.807) is 65.8 Å². The summed E-state index contributed by atoms with van der Waals surface area (Å²) in [5.41, 5.74) is -2.65. The van der Waals surface area contributed by atoms with E-state index in [0.29, 0.717) is 11.8 Å². The first-order valence-electron chi connectivity index (χ1n) is 20.4. The molecule has 3 fully saturated rings. The van der Waals surface area contributed by atoms with Crippen LogP contribution in [0.2, 0.25) is 0 Å². The number of Topliss-reactive ketones (excluding diaryl/α,β-unsaturated/α-hetero) is 2. The number of pyridine rings is 1. The molecule has 0 spiro atoms. The number of esters is 1. The number of likely N-dealkylation sites (N-methyl/N-ethyl adjacent to an activating group) is 1. The van der Waals surface area contributed by atoms with Gasteiger partial charge >= 0.3 is 12.1 Å². The molecule has 4 heterocycles. The van der Waals surface area contributed by atoms with Gasteiger partial charge in [0.1, 0.15) is 28.8 Å². The molecule has 16 nitrogen and oxygen atoms in total. The van der Waals surface area contributed by atoms with Crippen LogP contribution in [0.5, 0.6) is 0 Å². The SMILES string of the molecule is CC[C@@H]1OC(=O)[C@H](C)C(=O)[C@@H](C)[C@@H](O[C@@H]2O[C@H](C)C[C@H](N(C)C)[C@H]2O)[C@](C)(OC)C[C@@H](C)C(=O)[C@@H](C)[C@@H]2N(CCNS(=O)(=O)c3cccc4cccnc34)C(=O)O[C@]12C. The number of aliphatic hydroxyl groups excluding tert-OH is 1. The fourth-order valence-electron chi connectivity index (χ4n) is 9.38. The number of para-hydroxylation sites is 1. The topological polar surface area (TPSA) is 200 Å². The Bertz CT molecular complexity index is 1980. The summed E-state index contributed by atoms with van der Waals surface area (Å²) < 4.78 is 60.7. The van der Waals surface area contributed by atoms with E-state index < -0.39 is 93.4 Å². The monoisotopic (exact) mass is 846 g/mol. The van der Waals surface area contributed by atoms with Crippen LogP contribution in [0.4, 0.5) is 4.79 Å². The van der Waals surface area contributed by atoms with E-state index in [-0.39, 0.29) is 54.3 Å². The standard InChI is InChI=1S/C42H62N4O12S/c1-12-31-42(8)36(46(40(51)58-42)20-19-44-59(52,53)30-17-13-15-28-16-14-18-43-32(28)30)25(4)33(47)23(2)22-41(7,54-11)37(26(5)34(48)27(6)38(50)56-31)57-39-35(49)29(45(9)10)21-24(3)55-39/h13-18,23-27,29,31,35-37,39,44,49H,12,19-22H2,1-11H3/t23-,24-,25-,26-,27-,29+,31+,35-,36+,37-,39+,41-,42-/m1/s1. The van der Waals surface area contributed by atoms with Gasteiger partial charge in [0.2, 0.25) is 10.0 Å². The van der Waals surface area contributed by atoms with Crippen molar-refractivity contribution >= 4 is 44.6 Å². The van der Waals surface area contributed by atoms with Crippen LogP contribution >= 0.6 is 0 Å². The number of carbonyl (C=O) groups excluding carboxylic acids is 4. The third-order valence-corrected chi connectivity index (χ3v) is 14.2. The molecule has 0 radical (unpaired) electrons. The number of amides is 1. The molecule has 0 saturated carbocycles. The Kier molecular flexibility index (Phi) is 14.3. The summed E-state index contributed by atoms with van der Waals surface area (Å²) in [4.78, 5) is 64.3. The molecule has 1 aromatic heterocycles. The summed E-state index contributed by atoms with van der Waals surface area (Å²) >= 11 is 0. The molecule has 0 aliphatic carbocycles. The van der Waals surface area contributed by atoms with E-state index >= 15 is 0 Å². The third-order valence-electron chi connectivity index (χ3n) is 12.7. The van der Waals surface area contributed by atoms with Crippen LogP contribution in [0.15, 0.2) is 41.4 Å². The fourth-order valence-corrected chi connectivity index (χ4v) is 10.6. The lowest BCUT2D eigenvalue weighted by atomic mass is 9.73. The molecule has 17 heteroatoms. The predicted octanol–water partition coefficient (Wildman–Crippen LogP) is 3.72. The molecular weight excluding hydrogens is 785 g/mol. The Hall–Kier alpha value is -3.58. The van der Waals surface area contributed by atoms with Crippen LogP contribution in [0.25, 0.3) is 10.9 Å². The first kappa shape index (κ1) is 46.5. The zero-order chi connectivity index (χ0) is 43.8. The van der Waals surface area contributed by atoms with E-state index in [9.17, 15) is 32.7 Å². The maximum atomic E-state index is 14.7. The van der Waals surface area contributed by atoms with Gasteiger partial charge < -0.3 is 33.7 Å². The zero-order valence-corrected chi connectivity index (χ0v) is 36.9. The summed E-state index contributed by atoms with van der Waals surface area (Å²) in [5, 5.41) is 12.1. The van der Waals surface area contributed by atoms with Gasteiger partial charge in [0.05, 0.1) is 29.4 Å². The van der Waals surface area contributed by atoms with E-state index in [1.807, 2.05) is 25.9 Å². The number of methoxy groups -OCH3 is 1. The molecule has 59 heavy (non-hydrogen) atoms. The van der Waals surface area contributed by atoms with Crippen LogP contribution in [0.3, 0.4) is 0 Å². The second-order valence-electron chi connectivity index (χ2n) is 17.1. The van der Waals surface area contributed by atoms with Gasteiger partial charge in [0.25, 0.3) is 0 Å². The summed E-state index contributed by atoms with van der Waals surface area (Å²) in [5.74, 6) is -5.66. The molecule has 1 aromatic carbocycles. The maximum Gasteiger partial charge on any atom is 0.410 e. The van der Waals surface area contributed by atoms with Crippen LogP contribution in [-0.4, -0.2) is 140 Å². The van der Waals surface area contributed by atoms with Crippen molar-refractivity contribution in [1.82, 2.24) is 19.5 Å². The van der Waals surface area contributed by atoms with Crippen molar-refractivity contribution in [3.63, 3.8) is 0 Å². The van der Waals surface area contributed by atoms with Gasteiger partial charge in [-0.25, -0.2) is 17.9 Å². The summed E-state index contributed by atoms with van der Waals surface area (Å²) in [6.45, 7) is 12.9. The fraction of sp³-hybridized carbons (Fsp3) is 0.690. The molecule has 0 unspecified atom stereocenters. The Morgan fingerprint density at radius 1 is 1.02 bits per heavy atom. The minimum Gasteiger partial charge on any atom is -0.458 e. The van der Waals surface area contributed by atoms with Crippen LogP contribution in [0, 0.1) is 23.7 Å². The molecule has 328 valence electrons. The van der Waals surface area contributed by atoms with Crippen molar-refractivity contribution in [2.24, 2.45) is 23.7 Å². The number of hydrogen-bond donors (Lipinski definition) is 2. The average molecular weight is 847 g/mol. The smallest absolute Gasteiger partial charge is 0.410 e. The Morgan fingerprint density at radius 2 is 1.69 bits per heavy atom. The third kappa shape index (κ3) is 9.21. The predicted molar refractivity (Wildman–Crippen MR) is 216 cm³/mol. The van der Waals surface area contributed by atoms with Crippen LogP contribution < -0.4 is 4.72 Å². The molecule has 13 atom stereocenters. The Labute approximate surface area is 347 Å². The van der Waals surface area contributed by atoms with E-state index in [2.05, 4.69) is 9.71 Å². The molecular formula is C42H62N4O12S. The second-order valence-corrected chi connectivity index (χ2v) is 18.8. The highest BCUT2D eigenvalue weighted by molar-refractivity contribution is 7.89. The Balaban J connectivity index is 1.50. The van der Waals surface area contributed by atoms with Crippen molar-refractivity contribution in [3.05, 3.63) is 36.5 Å². The van der Waals surface area contributed by atoms with E-state index in [1.165, 1.54) is 31.2 Å². The average Bonchev–Trinajstić information content (AvgIpc) is 3.46. The van der Waals surface area contributed by atoms with Gasteiger partial charge in [-0.05, 0) is 73.2 Å². The molecule has 1 amide bonds. The summed E-state index contributed by atoms with van der Waals surface area (Å²) in [6, 6.07) is 6.92. The quantitative estimate of drug-likeness (QED) is 0.259. The van der Waals surface area contributed by atoms with Gasteiger partial charge in [-0.15, -0.1) is 0 Å². The number of benzene rings is 1. The first-order chi connectivity index (χ1) is 27.6. The normalized spacial score (nSPS) is 36.6. The molecule has 3 saturated heterocycles. The summed E-state index contributed by atoms with van der Waals surface area (Å²) in [7, 11) is 1.03. The number of aliphatic hydroxyl groups is 1. The molecule has 3 aliphatic rings. The van der Waals surface area contributed by atoms with Crippen molar-refractivity contribution in [2.45, 2.75) is 134 Å². The van der Waals surface area contributed by atoms with Gasteiger partial charge in [-0.1, -0.05) is 45.9 Å². The van der Waals surface area contributed by atoms with E-state index in [0.717, 1.165) is 0 Å². The second kappa shape index (κ2) is 18.2. The number of aromatic nitrogens is 1. The number of ether oxygens (including phenoxy) is 5. The number of nitrogens with one attached hydrogen (secondary N) is 1. The molecule has 5 rings (SSSR count). The van der Waals surface area contributed by atoms with Gasteiger partial charge in [0, 0.05) is 55.6 Å². The number of nitrogens with zero attached hydrogens (tertiary/aromatic N) is 3. The highest BCUT2D eigenvalue weighted by atomic mass is 32.2. The minimum atomic E-state index is -4.11. The maximum absolute atomic E-state index is 14.7. The van der Waals surface area contributed by atoms with Crippen molar-refractivity contribution in [3.8, 4) is 0 Å². The largest absolute Gasteiger partial charge is 0.458 e. The lowest BCUT2D eigenvalue weighted by Gasteiger charge is -2.47. The number of sulfonamides is 1. The lowest BCUT2D eigenvalue weighted by Crippen LogP contribution is -2.60. The van der Waals surface area contributed by atoms with E-state index in [4.69, 9.17) is 23.7 Å². The highest BCUT2D eigenvalue weighted by Crippen LogP contribution is 2.43. The highest BCUT2D eigenvalue weighted by Gasteiger charge is 2.60.